The minimum absolute atomic E-state index is 0.181. The number of benzene rings is 1. The van der Waals surface area contributed by atoms with Crippen LogP contribution in [0.15, 0.2) is 29.4 Å². The van der Waals surface area contributed by atoms with Crippen LogP contribution in [0.1, 0.15) is 43.7 Å². The molecule has 0 N–H and O–H groups in total. The summed E-state index contributed by atoms with van der Waals surface area (Å²) >= 11 is 0. The highest BCUT2D eigenvalue weighted by Crippen LogP contribution is 2.32. The van der Waals surface area contributed by atoms with E-state index in [0.717, 1.165) is 48.3 Å². The molecule has 0 saturated heterocycles. The van der Waals surface area contributed by atoms with Gasteiger partial charge in [0.25, 0.3) is 0 Å². The maximum atomic E-state index is 6.35. The SMILES string of the molecule is C/C=C/COc1cc(C)c(OC2CCCC(OC/C=N/OC)C2)c(C)c1. The zero-order chi connectivity index (χ0) is 18.8. The van der Waals surface area contributed by atoms with Gasteiger partial charge in [0.2, 0.25) is 0 Å². The molecular formula is C21H31NO4. The van der Waals surface area contributed by atoms with Crippen LogP contribution in [0.4, 0.5) is 0 Å². The van der Waals surface area contributed by atoms with E-state index in [9.17, 15) is 0 Å². The van der Waals surface area contributed by atoms with Crippen LogP contribution in [0.2, 0.25) is 0 Å². The standard InChI is InChI=1S/C21H31NO4/c1-5-6-11-24-20-13-16(2)21(17(3)14-20)26-19-9-7-8-18(15-19)25-12-10-22-23-4/h5-6,10,13-14,18-19H,7-9,11-12,15H2,1-4H3/b6-5+,22-10+. The van der Waals surface area contributed by atoms with Crippen LogP contribution in [-0.2, 0) is 9.57 Å². The maximum Gasteiger partial charge on any atom is 0.125 e. The van der Waals surface area contributed by atoms with Crippen molar-refractivity contribution >= 4 is 6.21 Å². The Morgan fingerprint density at radius 1 is 1.12 bits per heavy atom. The first kappa shape index (κ1) is 20.3. The van der Waals surface area contributed by atoms with E-state index in [0.29, 0.717) is 13.2 Å². The molecule has 2 rings (SSSR count). The Bertz CT molecular complexity index is 589. The van der Waals surface area contributed by atoms with Crippen molar-refractivity contribution in [1.29, 1.82) is 0 Å². The maximum absolute atomic E-state index is 6.35. The molecule has 1 fully saturated rings. The van der Waals surface area contributed by atoms with Gasteiger partial charge in [0, 0.05) is 6.42 Å². The fraction of sp³-hybridized carbons (Fsp3) is 0.571. The van der Waals surface area contributed by atoms with Crippen molar-refractivity contribution in [3.8, 4) is 11.5 Å². The zero-order valence-corrected chi connectivity index (χ0v) is 16.4. The molecule has 1 aliphatic rings. The average Bonchev–Trinajstić information content (AvgIpc) is 2.62. The number of ether oxygens (including phenoxy) is 3. The molecule has 0 aromatic heterocycles. The summed E-state index contributed by atoms with van der Waals surface area (Å²) in [5.74, 6) is 1.85. The number of rotatable bonds is 9. The van der Waals surface area contributed by atoms with E-state index in [-0.39, 0.29) is 12.2 Å². The Kier molecular flexibility index (Phi) is 8.48. The summed E-state index contributed by atoms with van der Waals surface area (Å²) in [6, 6.07) is 4.09. The smallest absolute Gasteiger partial charge is 0.125 e. The number of aryl methyl sites for hydroxylation is 2. The summed E-state index contributed by atoms with van der Waals surface area (Å²) in [6.45, 7) is 7.19. The van der Waals surface area contributed by atoms with Crippen molar-refractivity contribution in [3.63, 3.8) is 0 Å². The molecule has 2 unspecified atom stereocenters. The fourth-order valence-electron chi connectivity index (χ4n) is 3.23. The van der Waals surface area contributed by atoms with Crippen LogP contribution in [0.25, 0.3) is 0 Å². The Morgan fingerprint density at radius 2 is 1.85 bits per heavy atom. The molecular weight excluding hydrogens is 330 g/mol. The van der Waals surface area contributed by atoms with Crippen LogP contribution in [0.5, 0.6) is 11.5 Å². The Hall–Kier alpha value is -2.01. The van der Waals surface area contributed by atoms with E-state index in [1.54, 1.807) is 6.21 Å². The van der Waals surface area contributed by atoms with E-state index in [1.165, 1.54) is 7.11 Å². The predicted molar refractivity (Wildman–Crippen MR) is 104 cm³/mol. The number of hydrogen-bond acceptors (Lipinski definition) is 5. The van der Waals surface area contributed by atoms with Gasteiger partial charge in [-0.05, 0) is 63.3 Å². The van der Waals surface area contributed by atoms with Crippen molar-refractivity contribution in [2.24, 2.45) is 5.16 Å². The second kappa shape index (κ2) is 10.9. The van der Waals surface area contributed by atoms with E-state index >= 15 is 0 Å². The van der Waals surface area contributed by atoms with Gasteiger partial charge in [-0.1, -0.05) is 17.3 Å². The lowest BCUT2D eigenvalue weighted by Gasteiger charge is -2.30. The first-order valence-electron chi connectivity index (χ1n) is 9.32. The summed E-state index contributed by atoms with van der Waals surface area (Å²) in [6.07, 6.45) is 10.2. The molecule has 0 heterocycles. The van der Waals surface area contributed by atoms with Crippen LogP contribution in [0.3, 0.4) is 0 Å². The fourth-order valence-corrected chi connectivity index (χ4v) is 3.23. The quantitative estimate of drug-likeness (QED) is 0.366. The third-order valence-corrected chi connectivity index (χ3v) is 4.46. The molecule has 0 spiro atoms. The van der Waals surface area contributed by atoms with E-state index in [1.807, 2.05) is 31.2 Å². The highest BCUT2D eigenvalue weighted by Gasteiger charge is 2.24. The molecule has 1 aromatic rings. The highest BCUT2D eigenvalue weighted by atomic mass is 16.6. The van der Waals surface area contributed by atoms with Gasteiger partial charge < -0.3 is 19.0 Å². The molecule has 5 heteroatoms. The molecule has 0 aliphatic heterocycles. The number of hydrogen-bond donors (Lipinski definition) is 0. The molecule has 0 amide bonds. The normalized spacial score (nSPS) is 20.6. The van der Waals surface area contributed by atoms with Gasteiger partial charge in [-0.25, -0.2) is 0 Å². The minimum atomic E-state index is 0.181. The largest absolute Gasteiger partial charge is 0.490 e. The Morgan fingerprint density at radius 3 is 2.54 bits per heavy atom. The molecule has 0 bridgehead atoms. The zero-order valence-electron chi connectivity index (χ0n) is 16.4. The van der Waals surface area contributed by atoms with Gasteiger partial charge in [0.15, 0.2) is 0 Å². The van der Waals surface area contributed by atoms with Gasteiger partial charge in [0.05, 0.1) is 18.9 Å². The summed E-state index contributed by atoms with van der Waals surface area (Å²) in [7, 11) is 1.53. The van der Waals surface area contributed by atoms with Gasteiger partial charge >= 0.3 is 0 Å². The van der Waals surface area contributed by atoms with Crippen LogP contribution in [0, 0.1) is 13.8 Å². The molecule has 26 heavy (non-hydrogen) atoms. The molecule has 1 saturated carbocycles. The molecule has 2 atom stereocenters. The van der Waals surface area contributed by atoms with Crippen molar-refractivity contribution in [3.05, 3.63) is 35.4 Å². The minimum Gasteiger partial charge on any atom is -0.490 e. The van der Waals surface area contributed by atoms with Crippen molar-refractivity contribution in [2.45, 2.75) is 58.7 Å². The molecule has 144 valence electrons. The third kappa shape index (κ3) is 6.37. The predicted octanol–water partition coefficient (Wildman–Crippen LogP) is 4.60. The first-order valence-corrected chi connectivity index (χ1v) is 9.32. The lowest BCUT2D eigenvalue weighted by atomic mass is 9.94. The highest BCUT2D eigenvalue weighted by molar-refractivity contribution is 5.57. The Balaban J connectivity index is 1.93. The lowest BCUT2D eigenvalue weighted by Crippen LogP contribution is -2.31. The van der Waals surface area contributed by atoms with E-state index < -0.39 is 0 Å². The molecule has 1 aromatic carbocycles. The van der Waals surface area contributed by atoms with Crippen molar-refractivity contribution in [2.75, 3.05) is 20.3 Å². The second-order valence-corrected chi connectivity index (χ2v) is 6.60. The van der Waals surface area contributed by atoms with Gasteiger partial charge in [0.1, 0.15) is 31.3 Å². The summed E-state index contributed by atoms with van der Waals surface area (Å²) in [5, 5.41) is 3.70. The summed E-state index contributed by atoms with van der Waals surface area (Å²) < 4.78 is 17.9. The number of nitrogens with zero attached hydrogens (tertiary/aromatic N) is 1. The van der Waals surface area contributed by atoms with Crippen LogP contribution < -0.4 is 9.47 Å². The van der Waals surface area contributed by atoms with Gasteiger partial charge in [-0.2, -0.15) is 0 Å². The van der Waals surface area contributed by atoms with Crippen LogP contribution >= 0.6 is 0 Å². The molecule has 5 nitrogen and oxygen atoms in total. The Labute approximate surface area is 157 Å². The average molecular weight is 361 g/mol. The number of allylic oxidation sites excluding steroid dienone is 1. The first-order chi connectivity index (χ1) is 12.6. The monoisotopic (exact) mass is 361 g/mol. The molecule has 1 aliphatic carbocycles. The lowest BCUT2D eigenvalue weighted by molar-refractivity contribution is 0.00918. The van der Waals surface area contributed by atoms with E-state index in [4.69, 9.17) is 14.2 Å². The van der Waals surface area contributed by atoms with Crippen molar-refractivity contribution < 1.29 is 19.0 Å². The second-order valence-electron chi connectivity index (χ2n) is 6.60. The number of oxime groups is 1. The third-order valence-electron chi connectivity index (χ3n) is 4.46. The van der Waals surface area contributed by atoms with E-state index in [2.05, 4.69) is 23.8 Å². The van der Waals surface area contributed by atoms with Gasteiger partial charge in [-0.3, -0.25) is 0 Å². The summed E-state index contributed by atoms with van der Waals surface area (Å²) in [4.78, 5) is 4.65. The summed E-state index contributed by atoms with van der Waals surface area (Å²) in [5.41, 5.74) is 2.21. The topological polar surface area (TPSA) is 49.3 Å². The van der Waals surface area contributed by atoms with Crippen LogP contribution in [-0.4, -0.2) is 38.7 Å². The van der Waals surface area contributed by atoms with Crippen molar-refractivity contribution in [1.82, 2.24) is 0 Å². The van der Waals surface area contributed by atoms with Gasteiger partial charge in [-0.15, -0.1) is 0 Å². The molecule has 0 radical (unpaired) electrons.